The van der Waals surface area contributed by atoms with Gasteiger partial charge in [0.25, 0.3) is 0 Å². The summed E-state index contributed by atoms with van der Waals surface area (Å²) in [6, 6.07) is 0. The van der Waals surface area contributed by atoms with Crippen LogP contribution in [-0.4, -0.2) is 48.3 Å². The number of carbonyl (C=O) groups excluding carboxylic acids is 1. The van der Waals surface area contributed by atoms with Crippen molar-refractivity contribution in [1.29, 1.82) is 0 Å². The minimum absolute atomic E-state index is 0.0199. The van der Waals surface area contributed by atoms with Gasteiger partial charge in [0, 0.05) is 13.1 Å². The third-order valence-corrected chi connectivity index (χ3v) is 3.72. The van der Waals surface area contributed by atoms with Crippen molar-refractivity contribution in [2.45, 2.75) is 44.3 Å². The van der Waals surface area contributed by atoms with Crippen molar-refractivity contribution >= 4 is 5.97 Å². The number of aliphatic hydroxyl groups is 1. The molecule has 1 saturated heterocycles. The Bertz CT molecular complexity index is 251. The molecule has 92 valence electrons. The normalized spacial score (nSPS) is 29.5. The molecule has 1 heterocycles. The van der Waals surface area contributed by atoms with Gasteiger partial charge < -0.3 is 14.7 Å². The van der Waals surface area contributed by atoms with E-state index in [9.17, 15) is 9.90 Å². The zero-order valence-corrected chi connectivity index (χ0v) is 9.89. The number of ether oxygens (including phenoxy) is 1. The number of hydrogen-bond acceptors (Lipinski definition) is 4. The summed E-state index contributed by atoms with van der Waals surface area (Å²) in [5.41, 5.74) is 0. The highest BCUT2D eigenvalue weighted by atomic mass is 16.6. The fourth-order valence-corrected chi connectivity index (χ4v) is 2.69. The van der Waals surface area contributed by atoms with Crippen LogP contribution in [0.4, 0.5) is 0 Å². The van der Waals surface area contributed by atoms with Gasteiger partial charge in [-0.3, -0.25) is 0 Å². The predicted octanol–water partition coefficient (Wildman–Crippen LogP) is 0.785. The zero-order chi connectivity index (χ0) is 11.5. The minimum atomic E-state index is -0.895. The molecule has 1 N–H and O–H groups in total. The van der Waals surface area contributed by atoms with Gasteiger partial charge in [-0.1, -0.05) is 12.8 Å². The van der Waals surface area contributed by atoms with Gasteiger partial charge in [-0.2, -0.15) is 0 Å². The molecule has 1 aliphatic carbocycles. The van der Waals surface area contributed by atoms with Crippen LogP contribution in [0.5, 0.6) is 0 Å². The topological polar surface area (TPSA) is 49.8 Å². The molecule has 0 aromatic rings. The van der Waals surface area contributed by atoms with Crippen LogP contribution in [0.25, 0.3) is 0 Å². The van der Waals surface area contributed by atoms with Gasteiger partial charge in [0.05, 0.1) is 0 Å². The third kappa shape index (κ3) is 2.74. The molecule has 0 bridgehead atoms. The molecule has 2 fully saturated rings. The van der Waals surface area contributed by atoms with Gasteiger partial charge in [0.1, 0.15) is 6.10 Å². The van der Waals surface area contributed by atoms with Crippen molar-refractivity contribution in [3.8, 4) is 0 Å². The highest BCUT2D eigenvalue weighted by Crippen LogP contribution is 2.28. The molecular formula is C12H21NO3. The summed E-state index contributed by atoms with van der Waals surface area (Å²) in [5, 5.41) is 9.86. The van der Waals surface area contributed by atoms with Crippen LogP contribution in [0.1, 0.15) is 32.1 Å². The van der Waals surface area contributed by atoms with Gasteiger partial charge in [0.15, 0.2) is 6.10 Å². The fraction of sp³-hybridized carbons (Fsp3) is 0.917. The molecule has 0 radical (unpaired) electrons. The molecule has 4 heteroatoms. The van der Waals surface area contributed by atoms with Gasteiger partial charge in [-0.15, -0.1) is 0 Å². The second kappa shape index (κ2) is 5.15. The Kier molecular flexibility index (Phi) is 3.82. The molecule has 2 rings (SSSR count). The maximum absolute atomic E-state index is 11.7. The van der Waals surface area contributed by atoms with Crippen molar-refractivity contribution in [3.05, 3.63) is 0 Å². The maximum Gasteiger partial charge on any atom is 0.335 e. The Hall–Kier alpha value is -0.610. The van der Waals surface area contributed by atoms with E-state index in [-0.39, 0.29) is 12.0 Å². The van der Waals surface area contributed by atoms with E-state index in [2.05, 4.69) is 4.90 Å². The highest BCUT2D eigenvalue weighted by Gasteiger charge is 2.32. The lowest BCUT2D eigenvalue weighted by Gasteiger charge is -2.19. The number of likely N-dealkylation sites (tertiary alicyclic amines) is 1. The van der Waals surface area contributed by atoms with Crippen molar-refractivity contribution in [3.63, 3.8) is 0 Å². The Morgan fingerprint density at radius 1 is 1.38 bits per heavy atom. The second-order valence-corrected chi connectivity index (χ2v) is 5.10. The minimum Gasteiger partial charge on any atom is -0.459 e. The van der Waals surface area contributed by atoms with Crippen LogP contribution >= 0.6 is 0 Å². The standard InChI is InChI=1S/C12H21NO3/c1-13-7-6-10(8-13)16-12(15)11(14)9-4-2-3-5-9/h9-11,14H,2-8H2,1H3/t10-,11-/m0/s1. The number of rotatable bonds is 3. The molecule has 0 spiro atoms. The monoisotopic (exact) mass is 227 g/mol. The molecule has 1 saturated carbocycles. The van der Waals surface area contributed by atoms with E-state index in [0.717, 1.165) is 45.2 Å². The van der Waals surface area contributed by atoms with Crippen LogP contribution in [0.3, 0.4) is 0 Å². The third-order valence-electron chi connectivity index (χ3n) is 3.72. The first kappa shape index (κ1) is 11.9. The van der Waals surface area contributed by atoms with Gasteiger partial charge in [0.2, 0.25) is 0 Å². The van der Waals surface area contributed by atoms with Gasteiger partial charge in [-0.25, -0.2) is 4.79 Å². The van der Waals surface area contributed by atoms with Crippen molar-refractivity contribution in [1.82, 2.24) is 4.90 Å². The number of esters is 1. The molecular weight excluding hydrogens is 206 g/mol. The highest BCUT2D eigenvalue weighted by molar-refractivity contribution is 5.75. The summed E-state index contributed by atoms with van der Waals surface area (Å²) in [4.78, 5) is 13.8. The summed E-state index contributed by atoms with van der Waals surface area (Å²) in [5.74, 6) is -0.279. The molecule has 4 nitrogen and oxygen atoms in total. The Morgan fingerprint density at radius 2 is 2.06 bits per heavy atom. The summed E-state index contributed by atoms with van der Waals surface area (Å²) < 4.78 is 5.33. The van der Waals surface area contributed by atoms with E-state index in [1.54, 1.807) is 0 Å². The lowest BCUT2D eigenvalue weighted by atomic mass is 10.0. The quantitative estimate of drug-likeness (QED) is 0.724. The first-order chi connectivity index (χ1) is 7.66. The first-order valence-corrected chi connectivity index (χ1v) is 6.24. The molecule has 2 atom stereocenters. The second-order valence-electron chi connectivity index (χ2n) is 5.10. The number of nitrogens with zero attached hydrogens (tertiary/aromatic N) is 1. The molecule has 1 aliphatic heterocycles. The molecule has 0 aromatic heterocycles. The van der Waals surface area contributed by atoms with Crippen LogP contribution < -0.4 is 0 Å². The first-order valence-electron chi connectivity index (χ1n) is 6.24. The van der Waals surface area contributed by atoms with E-state index >= 15 is 0 Å². The van der Waals surface area contributed by atoms with Crippen LogP contribution in [0, 0.1) is 5.92 Å². The molecule has 0 unspecified atom stereocenters. The van der Waals surface area contributed by atoms with Gasteiger partial charge in [-0.05, 0) is 32.2 Å². The number of carbonyl (C=O) groups is 1. The van der Waals surface area contributed by atoms with E-state index in [1.165, 1.54) is 0 Å². The number of aliphatic hydroxyl groups excluding tert-OH is 1. The van der Waals surface area contributed by atoms with Crippen molar-refractivity contribution in [2.75, 3.05) is 20.1 Å². The summed E-state index contributed by atoms with van der Waals surface area (Å²) >= 11 is 0. The Balaban J connectivity index is 1.78. The van der Waals surface area contributed by atoms with E-state index in [1.807, 2.05) is 7.05 Å². The van der Waals surface area contributed by atoms with E-state index < -0.39 is 12.1 Å². The summed E-state index contributed by atoms with van der Waals surface area (Å²) in [6.45, 7) is 1.76. The molecule has 16 heavy (non-hydrogen) atoms. The summed E-state index contributed by atoms with van der Waals surface area (Å²) in [6.07, 6.45) is 4.14. The SMILES string of the molecule is CN1CC[C@H](OC(=O)[C@@H](O)C2CCCC2)C1. The maximum atomic E-state index is 11.7. The molecule has 2 aliphatic rings. The van der Waals surface area contributed by atoms with Crippen LogP contribution in [-0.2, 0) is 9.53 Å². The number of hydrogen-bond donors (Lipinski definition) is 1. The molecule has 0 amide bonds. The Labute approximate surface area is 96.6 Å². The van der Waals surface area contributed by atoms with E-state index in [4.69, 9.17) is 4.74 Å². The van der Waals surface area contributed by atoms with Crippen LogP contribution in [0.2, 0.25) is 0 Å². The zero-order valence-electron chi connectivity index (χ0n) is 9.89. The largest absolute Gasteiger partial charge is 0.459 e. The van der Waals surface area contributed by atoms with Crippen LogP contribution in [0.15, 0.2) is 0 Å². The average Bonchev–Trinajstić information content (AvgIpc) is 2.88. The lowest BCUT2D eigenvalue weighted by Crippen LogP contribution is -2.33. The van der Waals surface area contributed by atoms with Crippen molar-refractivity contribution in [2.24, 2.45) is 5.92 Å². The predicted molar refractivity (Wildman–Crippen MR) is 60.0 cm³/mol. The van der Waals surface area contributed by atoms with Crippen molar-refractivity contribution < 1.29 is 14.6 Å². The summed E-state index contributed by atoms with van der Waals surface area (Å²) in [7, 11) is 2.02. The van der Waals surface area contributed by atoms with E-state index in [0.29, 0.717) is 0 Å². The lowest BCUT2D eigenvalue weighted by molar-refractivity contribution is -0.161. The Morgan fingerprint density at radius 3 is 2.62 bits per heavy atom. The number of likely N-dealkylation sites (N-methyl/N-ethyl adjacent to an activating group) is 1. The van der Waals surface area contributed by atoms with Gasteiger partial charge >= 0.3 is 5.97 Å². The smallest absolute Gasteiger partial charge is 0.335 e. The average molecular weight is 227 g/mol. The fourth-order valence-electron chi connectivity index (χ4n) is 2.69. The molecule has 0 aromatic carbocycles.